The Balaban J connectivity index is 3.28. The van der Waals surface area contributed by atoms with Crippen molar-refractivity contribution in [3.8, 4) is 0 Å². The van der Waals surface area contributed by atoms with Crippen molar-refractivity contribution in [1.82, 2.24) is 0 Å². The molecular weight excluding hydrogens is 309 g/mol. The predicted molar refractivity (Wildman–Crippen MR) is 53.4 cm³/mol. The van der Waals surface area contributed by atoms with E-state index >= 15 is 0 Å². The molecule has 0 atom stereocenters. The lowest BCUT2D eigenvalue weighted by Crippen LogP contribution is -1.94. The van der Waals surface area contributed by atoms with E-state index in [1.807, 2.05) is 0 Å². The first kappa shape index (κ1) is 10.6. The van der Waals surface area contributed by atoms with Crippen molar-refractivity contribution in [2.24, 2.45) is 0 Å². The van der Waals surface area contributed by atoms with E-state index in [0.29, 0.717) is 15.4 Å². The summed E-state index contributed by atoms with van der Waals surface area (Å²) in [5, 5.41) is 10.8. The second kappa shape index (κ2) is 4.15. The summed E-state index contributed by atoms with van der Waals surface area (Å²) in [4.78, 5) is 9.55. The van der Waals surface area contributed by atoms with Gasteiger partial charge in [-0.3, -0.25) is 10.1 Å². The molecule has 0 aliphatic carbocycles. The molecule has 3 nitrogen and oxygen atoms in total. The minimum atomic E-state index is -0.817. The SMILES string of the molecule is O=[N+]([O-])c1cc(Br)c(CBr)cc1F. The van der Waals surface area contributed by atoms with E-state index in [1.165, 1.54) is 0 Å². The molecule has 0 heterocycles. The van der Waals surface area contributed by atoms with E-state index in [-0.39, 0.29) is 0 Å². The van der Waals surface area contributed by atoms with E-state index in [4.69, 9.17) is 0 Å². The third-order valence-electron chi connectivity index (χ3n) is 1.46. The molecule has 0 aliphatic rings. The maximum atomic E-state index is 13.0. The summed E-state index contributed by atoms with van der Waals surface area (Å²) in [6, 6.07) is 2.29. The Morgan fingerprint density at radius 1 is 1.54 bits per heavy atom. The van der Waals surface area contributed by atoms with Crippen molar-refractivity contribution >= 4 is 37.5 Å². The molecule has 0 N–H and O–H groups in total. The van der Waals surface area contributed by atoms with Gasteiger partial charge in [0.2, 0.25) is 5.82 Å². The van der Waals surface area contributed by atoms with Crippen LogP contribution in [0.1, 0.15) is 5.56 Å². The van der Waals surface area contributed by atoms with Crippen LogP contribution in [-0.2, 0) is 5.33 Å². The second-order valence-electron chi connectivity index (χ2n) is 2.29. The summed E-state index contributed by atoms with van der Waals surface area (Å²) in [5.41, 5.74) is 0.125. The highest BCUT2D eigenvalue weighted by Gasteiger charge is 2.16. The fourth-order valence-corrected chi connectivity index (χ4v) is 2.13. The maximum Gasteiger partial charge on any atom is 0.305 e. The van der Waals surface area contributed by atoms with Crippen molar-refractivity contribution < 1.29 is 9.31 Å². The van der Waals surface area contributed by atoms with Gasteiger partial charge < -0.3 is 0 Å². The predicted octanol–water partition coefficient (Wildman–Crippen LogP) is 3.39. The van der Waals surface area contributed by atoms with Gasteiger partial charge in [-0.25, -0.2) is 0 Å². The zero-order valence-corrected chi connectivity index (χ0v) is 9.43. The van der Waals surface area contributed by atoms with Gasteiger partial charge in [0.1, 0.15) is 0 Å². The van der Waals surface area contributed by atoms with Gasteiger partial charge in [0, 0.05) is 15.9 Å². The molecule has 1 rings (SSSR count). The molecule has 70 valence electrons. The van der Waals surface area contributed by atoms with Crippen LogP contribution in [0.2, 0.25) is 0 Å². The van der Waals surface area contributed by atoms with Crippen LogP contribution in [0.4, 0.5) is 10.1 Å². The number of rotatable bonds is 2. The number of nitro benzene ring substituents is 1. The molecule has 0 unspecified atom stereocenters. The van der Waals surface area contributed by atoms with E-state index in [9.17, 15) is 14.5 Å². The van der Waals surface area contributed by atoms with Crippen LogP contribution in [0.3, 0.4) is 0 Å². The first-order chi connectivity index (χ1) is 6.06. The largest absolute Gasteiger partial charge is 0.305 e. The summed E-state index contributed by atoms with van der Waals surface area (Å²) in [6.45, 7) is 0. The van der Waals surface area contributed by atoms with Crippen LogP contribution in [0, 0.1) is 15.9 Å². The smallest absolute Gasteiger partial charge is 0.258 e. The topological polar surface area (TPSA) is 43.1 Å². The number of hydrogen-bond donors (Lipinski definition) is 0. The quantitative estimate of drug-likeness (QED) is 0.477. The first-order valence-corrected chi connectivity index (χ1v) is 5.16. The Labute approximate surface area is 90.3 Å². The van der Waals surface area contributed by atoms with Crippen LogP contribution < -0.4 is 0 Å². The lowest BCUT2D eigenvalue weighted by Gasteiger charge is -2.00. The average molecular weight is 313 g/mol. The molecule has 0 amide bonds. The molecule has 1 aromatic rings. The second-order valence-corrected chi connectivity index (χ2v) is 3.70. The summed E-state index contributed by atoms with van der Waals surface area (Å²) in [5.74, 6) is -0.817. The summed E-state index contributed by atoms with van der Waals surface area (Å²) in [6.07, 6.45) is 0. The van der Waals surface area contributed by atoms with Crippen LogP contribution >= 0.6 is 31.9 Å². The van der Waals surface area contributed by atoms with E-state index < -0.39 is 16.4 Å². The molecular formula is C7H4Br2FNO2. The maximum absolute atomic E-state index is 13.0. The van der Waals surface area contributed by atoms with E-state index in [1.54, 1.807) is 0 Å². The lowest BCUT2D eigenvalue weighted by atomic mass is 10.2. The number of nitrogens with zero attached hydrogens (tertiary/aromatic N) is 1. The van der Waals surface area contributed by atoms with Crippen molar-refractivity contribution in [1.29, 1.82) is 0 Å². The van der Waals surface area contributed by atoms with Gasteiger partial charge in [0.15, 0.2) is 0 Å². The number of halogens is 3. The van der Waals surface area contributed by atoms with Crippen LogP contribution in [0.5, 0.6) is 0 Å². The molecule has 0 aromatic heterocycles. The zero-order chi connectivity index (χ0) is 10.0. The molecule has 1 aromatic carbocycles. The number of alkyl halides is 1. The highest BCUT2D eigenvalue weighted by Crippen LogP contribution is 2.27. The monoisotopic (exact) mass is 311 g/mol. The Morgan fingerprint density at radius 2 is 2.15 bits per heavy atom. The molecule has 6 heteroatoms. The third kappa shape index (κ3) is 2.25. The van der Waals surface area contributed by atoms with Crippen LogP contribution in [-0.4, -0.2) is 4.92 Å². The Bertz CT molecular complexity index is 357. The van der Waals surface area contributed by atoms with Gasteiger partial charge in [-0.15, -0.1) is 0 Å². The molecule has 13 heavy (non-hydrogen) atoms. The van der Waals surface area contributed by atoms with Gasteiger partial charge in [0.25, 0.3) is 0 Å². The number of hydrogen-bond acceptors (Lipinski definition) is 2. The Kier molecular flexibility index (Phi) is 3.38. The Morgan fingerprint density at radius 3 is 2.62 bits per heavy atom. The fraction of sp³-hybridized carbons (Fsp3) is 0.143. The summed E-state index contributed by atoms with van der Waals surface area (Å²) >= 11 is 6.25. The molecule has 0 saturated heterocycles. The van der Waals surface area contributed by atoms with Crippen molar-refractivity contribution in [2.45, 2.75) is 5.33 Å². The van der Waals surface area contributed by atoms with Gasteiger partial charge in [-0.05, 0) is 11.6 Å². The highest BCUT2D eigenvalue weighted by molar-refractivity contribution is 9.10. The van der Waals surface area contributed by atoms with Gasteiger partial charge in [-0.1, -0.05) is 31.9 Å². The number of nitro groups is 1. The number of benzene rings is 1. The third-order valence-corrected chi connectivity index (χ3v) is 2.80. The zero-order valence-electron chi connectivity index (χ0n) is 6.26. The molecule has 0 spiro atoms. The molecule has 0 saturated carbocycles. The van der Waals surface area contributed by atoms with Crippen molar-refractivity contribution in [3.63, 3.8) is 0 Å². The molecule has 0 fully saturated rings. The summed E-state index contributed by atoms with van der Waals surface area (Å²) < 4.78 is 13.5. The van der Waals surface area contributed by atoms with Crippen LogP contribution in [0.15, 0.2) is 16.6 Å². The van der Waals surface area contributed by atoms with Crippen molar-refractivity contribution in [3.05, 3.63) is 38.1 Å². The van der Waals surface area contributed by atoms with Gasteiger partial charge in [0.05, 0.1) is 4.92 Å². The standard InChI is InChI=1S/C7H4Br2FNO2/c8-3-4-1-6(10)7(11(12)13)2-5(4)9/h1-2H,3H2. The van der Waals surface area contributed by atoms with E-state index in [0.717, 1.165) is 12.1 Å². The van der Waals surface area contributed by atoms with E-state index in [2.05, 4.69) is 31.9 Å². The van der Waals surface area contributed by atoms with Gasteiger partial charge >= 0.3 is 5.69 Å². The average Bonchev–Trinajstić information content (AvgIpc) is 2.07. The molecule has 0 aliphatic heterocycles. The molecule has 0 radical (unpaired) electrons. The van der Waals surface area contributed by atoms with Crippen molar-refractivity contribution in [2.75, 3.05) is 0 Å². The highest BCUT2D eigenvalue weighted by atomic mass is 79.9. The molecule has 0 bridgehead atoms. The summed E-state index contributed by atoms with van der Waals surface area (Å²) in [7, 11) is 0. The minimum Gasteiger partial charge on any atom is -0.258 e. The van der Waals surface area contributed by atoms with Crippen LogP contribution in [0.25, 0.3) is 0 Å². The normalized spacial score (nSPS) is 10.1. The minimum absolute atomic E-state index is 0.447. The lowest BCUT2D eigenvalue weighted by molar-refractivity contribution is -0.387. The first-order valence-electron chi connectivity index (χ1n) is 3.24. The fourth-order valence-electron chi connectivity index (χ4n) is 0.820. The van der Waals surface area contributed by atoms with Gasteiger partial charge in [-0.2, -0.15) is 4.39 Å². The Hall–Kier alpha value is -0.490.